The van der Waals surface area contributed by atoms with Gasteiger partial charge in [0.2, 0.25) is 0 Å². The highest BCUT2D eigenvalue weighted by Crippen LogP contribution is 2.49. The lowest BCUT2D eigenvalue weighted by Crippen LogP contribution is -2.24. The van der Waals surface area contributed by atoms with Crippen LogP contribution in [0.25, 0.3) is 0 Å². The standard InChI is InChI=1S/C25H29N3OS/c1-29-22-10-4-2-8-20(22)19-12-15-27(16-19)13-6-7-14-28-17-24-25(26-18-28)21-9-3-5-11-23(21)30-24/h2-5,8-11,17-19,25H,6-7,12-16H2,1H3/t19?,25-/m1/s1. The molecule has 156 valence electrons. The van der Waals surface area contributed by atoms with Gasteiger partial charge >= 0.3 is 0 Å². The van der Waals surface area contributed by atoms with Gasteiger partial charge < -0.3 is 14.5 Å². The van der Waals surface area contributed by atoms with Gasteiger partial charge in [0.15, 0.2) is 0 Å². The van der Waals surface area contributed by atoms with Crippen molar-refractivity contribution in [3.63, 3.8) is 0 Å². The maximum Gasteiger partial charge on any atom is 0.122 e. The van der Waals surface area contributed by atoms with Crippen LogP contribution in [0.1, 0.15) is 42.3 Å². The van der Waals surface area contributed by atoms with E-state index in [0.717, 1.165) is 18.8 Å². The van der Waals surface area contributed by atoms with Crippen molar-refractivity contribution in [2.75, 3.05) is 33.3 Å². The number of benzene rings is 2. The Balaban J connectivity index is 1.08. The molecule has 0 radical (unpaired) electrons. The molecule has 0 N–H and O–H groups in total. The highest BCUT2D eigenvalue weighted by atomic mass is 32.2. The van der Waals surface area contributed by atoms with Crippen LogP contribution in [0.3, 0.4) is 0 Å². The van der Waals surface area contributed by atoms with Gasteiger partial charge in [-0.2, -0.15) is 0 Å². The van der Waals surface area contributed by atoms with E-state index in [-0.39, 0.29) is 6.04 Å². The molecule has 5 rings (SSSR count). The average Bonchev–Trinajstić information content (AvgIpc) is 3.41. The summed E-state index contributed by atoms with van der Waals surface area (Å²) in [6.45, 7) is 4.55. The Hall–Kier alpha value is -2.24. The minimum absolute atomic E-state index is 0.221. The lowest BCUT2D eigenvalue weighted by Gasteiger charge is -2.23. The molecule has 30 heavy (non-hydrogen) atoms. The number of aliphatic imine (C=N–C) groups is 1. The lowest BCUT2D eigenvalue weighted by molar-refractivity contribution is 0.320. The summed E-state index contributed by atoms with van der Waals surface area (Å²) in [6.07, 6.45) is 7.97. The first kappa shape index (κ1) is 19.7. The molecule has 5 heteroatoms. The average molecular weight is 420 g/mol. The summed E-state index contributed by atoms with van der Waals surface area (Å²) in [5.41, 5.74) is 2.71. The van der Waals surface area contributed by atoms with Gasteiger partial charge in [0.25, 0.3) is 0 Å². The maximum absolute atomic E-state index is 5.57. The Morgan fingerprint density at radius 2 is 1.83 bits per heavy atom. The Kier molecular flexibility index (Phi) is 5.82. The number of para-hydroxylation sites is 1. The molecule has 0 aliphatic carbocycles. The fourth-order valence-corrected chi connectivity index (χ4v) is 5.97. The van der Waals surface area contributed by atoms with Crippen LogP contribution in [0, 0.1) is 0 Å². The molecule has 3 aliphatic rings. The zero-order valence-electron chi connectivity index (χ0n) is 17.5. The molecule has 2 atom stereocenters. The minimum Gasteiger partial charge on any atom is -0.496 e. The van der Waals surface area contributed by atoms with Gasteiger partial charge in [0.1, 0.15) is 11.8 Å². The molecule has 1 unspecified atom stereocenters. The molecule has 2 aromatic rings. The van der Waals surface area contributed by atoms with Crippen LogP contribution >= 0.6 is 11.8 Å². The third-order valence-corrected chi connectivity index (χ3v) is 7.52. The van der Waals surface area contributed by atoms with Crippen LogP contribution in [0.5, 0.6) is 5.75 Å². The lowest BCUT2D eigenvalue weighted by atomic mass is 9.97. The summed E-state index contributed by atoms with van der Waals surface area (Å²) < 4.78 is 5.57. The summed E-state index contributed by atoms with van der Waals surface area (Å²) in [7, 11) is 1.77. The summed E-state index contributed by atoms with van der Waals surface area (Å²) in [6, 6.07) is 17.3. The molecule has 2 aromatic carbocycles. The van der Waals surface area contributed by atoms with E-state index in [1.54, 1.807) is 7.11 Å². The van der Waals surface area contributed by atoms with E-state index in [4.69, 9.17) is 9.73 Å². The number of fused-ring (bicyclic) bond motifs is 3. The molecule has 0 aromatic heterocycles. The Morgan fingerprint density at radius 1 is 1.03 bits per heavy atom. The number of methoxy groups -OCH3 is 1. The van der Waals surface area contributed by atoms with E-state index in [9.17, 15) is 0 Å². The molecule has 3 heterocycles. The van der Waals surface area contributed by atoms with Crippen molar-refractivity contribution in [1.29, 1.82) is 0 Å². The molecule has 4 nitrogen and oxygen atoms in total. The monoisotopic (exact) mass is 419 g/mol. The molecule has 1 fully saturated rings. The molecule has 0 saturated carbocycles. The predicted octanol–water partition coefficient (Wildman–Crippen LogP) is 5.30. The Morgan fingerprint density at radius 3 is 2.73 bits per heavy atom. The number of hydrogen-bond donors (Lipinski definition) is 0. The SMILES string of the molecule is COc1ccccc1C1CCN(CCCCN2C=N[C@H]3C(=C2)Sc2ccccc23)C1. The van der Waals surface area contributed by atoms with Crippen LogP contribution in [0.4, 0.5) is 0 Å². The van der Waals surface area contributed by atoms with E-state index in [2.05, 4.69) is 64.5 Å². The van der Waals surface area contributed by atoms with Gasteiger partial charge in [0.05, 0.1) is 13.4 Å². The zero-order valence-corrected chi connectivity index (χ0v) is 18.4. The first-order valence-electron chi connectivity index (χ1n) is 10.9. The van der Waals surface area contributed by atoms with Gasteiger partial charge in [-0.3, -0.25) is 4.99 Å². The van der Waals surface area contributed by atoms with E-state index in [0.29, 0.717) is 5.92 Å². The highest BCUT2D eigenvalue weighted by Gasteiger charge is 2.30. The van der Waals surface area contributed by atoms with Crippen molar-refractivity contribution >= 4 is 18.1 Å². The topological polar surface area (TPSA) is 28.1 Å². The van der Waals surface area contributed by atoms with Gasteiger partial charge in [-0.1, -0.05) is 48.2 Å². The van der Waals surface area contributed by atoms with Crippen LogP contribution in [-0.2, 0) is 0 Å². The summed E-state index contributed by atoms with van der Waals surface area (Å²) >= 11 is 1.87. The fourth-order valence-electron chi connectivity index (χ4n) is 4.78. The van der Waals surface area contributed by atoms with Crippen molar-refractivity contribution in [2.45, 2.75) is 36.1 Å². The second-order valence-electron chi connectivity index (χ2n) is 8.31. The maximum atomic E-state index is 5.57. The largest absolute Gasteiger partial charge is 0.496 e. The van der Waals surface area contributed by atoms with Crippen LogP contribution in [0.15, 0.2) is 69.5 Å². The number of unbranched alkanes of at least 4 members (excludes halogenated alkanes) is 1. The summed E-state index contributed by atoms with van der Waals surface area (Å²) in [4.78, 5) is 12.4. The number of likely N-dealkylation sites (tertiary alicyclic amines) is 1. The highest BCUT2D eigenvalue weighted by molar-refractivity contribution is 8.03. The molecule has 3 aliphatic heterocycles. The zero-order chi connectivity index (χ0) is 20.3. The number of hydrogen-bond acceptors (Lipinski definition) is 5. The minimum atomic E-state index is 0.221. The van der Waals surface area contributed by atoms with Crippen molar-refractivity contribution in [2.24, 2.45) is 4.99 Å². The van der Waals surface area contributed by atoms with Crippen molar-refractivity contribution in [1.82, 2.24) is 9.80 Å². The van der Waals surface area contributed by atoms with Crippen molar-refractivity contribution < 1.29 is 4.74 Å². The first-order valence-corrected chi connectivity index (χ1v) is 11.8. The van der Waals surface area contributed by atoms with Gasteiger partial charge in [-0.25, -0.2) is 0 Å². The van der Waals surface area contributed by atoms with Gasteiger partial charge in [0, 0.05) is 35.0 Å². The second kappa shape index (κ2) is 8.86. The predicted molar refractivity (Wildman–Crippen MR) is 124 cm³/mol. The number of nitrogens with zero attached hydrogens (tertiary/aromatic N) is 3. The molecular weight excluding hydrogens is 390 g/mol. The number of ether oxygens (including phenoxy) is 1. The van der Waals surface area contributed by atoms with Crippen molar-refractivity contribution in [3.05, 3.63) is 70.8 Å². The summed E-state index contributed by atoms with van der Waals surface area (Å²) in [5, 5.41) is 0. The molecule has 0 spiro atoms. The molecular formula is C25H29N3OS. The van der Waals surface area contributed by atoms with Crippen LogP contribution < -0.4 is 4.74 Å². The third-order valence-electron chi connectivity index (χ3n) is 6.36. The van der Waals surface area contributed by atoms with Crippen molar-refractivity contribution in [3.8, 4) is 5.75 Å². The van der Waals surface area contributed by atoms with Crippen LogP contribution in [-0.4, -0.2) is 49.4 Å². The second-order valence-corrected chi connectivity index (χ2v) is 9.43. The van der Waals surface area contributed by atoms with E-state index in [1.165, 1.54) is 53.3 Å². The normalized spacial score (nSPS) is 22.7. The number of thioether (sulfide) groups is 1. The smallest absolute Gasteiger partial charge is 0.122 e. The summed E-state index contributed by atoms with van der Waals surface area (Å²) in [5.74, 6) is 1.63. The third kappa shape index (κ3) is 4.01. The van der Waals surface area contributed by atoms with E-state index >= 15 is 0 Å². The Labute approximate surface area is 183 Å². The Bertz CT molecular complexity index is 957. The van der Waals surface area contributed by atoms with E-state index in [1.807, 2.05) is 18.1 Å². The molecule has 0 bridgehead atoms. The van der Waals surface area contributed by atoms with Gasteiger partial charge in [-0.05, 0) is 55.6 Å². The van der Waals surface area contributed by atoms with Gasteiger partial charge in [-0.15, -0.1) is 0 Å². The van der Waals surface area contributed by atoms with Crippen LogP contribution in [0.2, 0.25) is 0 Å². The molecule has 0 amide bonds. The first-order chi connectivity index (χ1) is 14.8. The fraction of sp³-hybridized carbons (Fsp3) is 0.400. The number of rotatable bonds is 7. The quantitative estimate of drug-likeness (QED) is 0.570. The molecule has 1 saturated heterocycles. The van der Waals surface area contributed by atoms with E-state index < -0.39 is 0 Å².